The molecule has 1 atom stereocenters. The van der Waals surface area contributed by atoms with Gasteiger partial charge < -0.3 is 10.3 Å². The van der Waals surface area contributed by atoms with Gasteiger partial charge in [-0.15, -0.1) is 0 Å². The number of nitrogens with zero attached hydrogens (tertiary/aromatic N) is 1. The number of hydrogen-bond donors (Lipinski definition) is 2. The first-order chi connectivity index (χ1) is 11.7. The monoisotopic (exact) mass is 359 g/mol. The minimum atomic E-state index is -1.22. The quantitative estimate of drug-likeness (QED) is 0.650. The maximum Gasteiger partial charge on any atom is 0.325 e. The lowest BCUT2D eigenvalue weighted by Crippen LogP contribution is -2.41. The Morgan fingerprint density at radius 2 is 1.84 bits per heavy atom. The third-order valence-electron chi connectivity index (χ3n) is 4.45. The molecule has 2 N–H and O–H groups in total. The van der Waals surface area contributed by atoms with Crippen LogP contribution in [-0.4, -0.2) is 34.2 Å². The molecule has 3 amide bonds. The Hall–Kier alpha value is -2.60. The van der Waals surface area contributed by atoms with Crippen LogP contribution in [0.1, 0.15) is 34.2 Å². The zero-order chi connectivity index (χ0) is 18.4. The fraction of sp³-hybridized carbons (Fsp3) is 0.278. The molecule has 1 aromatic carbocycles. The average Bonchev–Trinajstić information content (AvgIpc) is 3.00. The summed E-state index contributed by atoms with van der Waals surface area (Å²) in [5.41, 5.74) is 1.45. The van der Waals surface area contributed by atoms with Gasteiger partial charge in [-0.05, 0) is 44.5 Å². The van der Waals surface area contributed by atoms with E-state index < -0.39 is 17.5 Å². The number of carbonyl (C=O) groups is 3. The molecule has 0 aliphatic carbocycles. The van der Waals surface area contributed by atoms with Crippen molar-refractivity contribution >= 4 is 29.3 Å². The number of urea groups is 1. The number of amides is 3. The molecule has 3 rings (SSSR count). The summed E-state index contributed by atoms with van der Waals surface area (Å²) in [6.07, 6.45) is 0. The molecule has 1 aliphatic heterocycles. The normalized spacial score (nSPS) is 20.1. The Kier molecular flexibility index (Phi) is 4.16. The highest BCUT2D eigenvalue weighted by Crippen LogP contribution is 2.29. The highest BCUT2D eigenvalue weighted by molar-refractivity contribution is 6.30. The molecule has 1 fully saturated rings. The Balaban J connectivity index is 1.85. The van der Waals surface area contributed by atoms with Gasteiger partial charge >= 0.3 is 6.03 Å². The summed E-state index contributed by atoms with van der Waals surface area (Å²) in [4.78, 5) is 41.6. The number of rotatable bonds is 4. The van der Waals surface area contributed by atoms with Crippen LogP contribution in [0, 0.1) is 13.8 Å². The van der Waals surface area contributed by atoms with Gasteiger partial charge in [-0.2, -0.15) is 0 Å². The predicted octanol–water partition coefficient (Wildman–Crippen LogP) is 2.93. The van der Waals surface area contributed by atoms with Gasteiger partial charge in [0.05, 0.1) is 6.54 Å². The SMILES string of the molecule is Cc1cc(C(=O)CN2C(=O)NC(C)(c3ccc(Cl)cc3)C2=O)c(C)[nH]1. The second-order valence-electron chi connectivity index (χ2n) is 6.37. The lowest BCUT2D eigenvalue weighted by molar-refractivity contribution is -0.130. The topological polar surface area (TPSA) is 82.3 Å². The van der Waals surface area contributed by atoms with Crippen LogP contribution >= 0.6 is 11.6 Å². The second kappa shape index (κ2) is 6.04. The minimum Gasteiger partial charge on any atom is -0.362 e. The molecular formula is C18H18ClN3O3. The molecule has 1 unspecified atom stereocenters. The Morgan fingerprint density at radius 3 is 2.40 bits per heavy atom. The fourth-order valence-corrected chi connectivity index (χ4v) is 3.19. The Morgan fingerprint density at radius 1 is 1.20 bits per heavy atom. The van der Waals surface area contributed by atoms with Crippen molar-refractivity contribution in [1.29, 1.82) is 0 Å². The molecule has 0 bridgehead atoms. The molecule has 6 nitrogen and oxygen atoms in total. The van der Waals surface area contributed by atoms with E-state index in [2.05, 4.69) is 10.3 Å². The number of Topliss-reactive ketones (excluding diaryl/α,β-unsaturated/α-hetero) is 1. The molecule has 1 aliphatic rings. The molecule has 1 saturated heterocycles. The van der Waals surface area contributed by atoms with Gasteiger partial charge in [-0.3, -0.25) is 14.5 Å². The van der Waals surface area contributed by atoms with Gasteiger partial charge in [-0.25, -0.2) is 4.79 Å². The second-order valence-corrected chi connectivity index (χ2v) is 6.80. The van der Waals surface area contributed by atoms with E-state index in [0.29, 0.717) is 16.1 Å². The van der Waals surface area contributed by atoms with E-state index >= 15 is 0 Å². The number of hydrogen-bond acceptors (Lipinski definition) is 3. The largest absolute Gasteiger partial charge is 0.362 e. The first-order valence-corrected chi connectivity index (χ1v) is 8.20. The van der Waals surface area contributed by atoms with Crippen LogP contribution in [0.5, 0.6) is 0 Å². The van der Waals surface area contributed by atoms with Gasteiger partial charge in [0.15, 0.2) is 5.78 Å². The van der Waals surface area contributed by atoms with Crippen molar-refractivity contribution in [1.82, 2.24) is 15.2 Å². The average molecular weight is 360 g/mol. The number of benzene rings is 1. The smallest absolute Gasteiger partial charge is 0.325 e. The van der Waals surface area contributed by atoms with Gasteiger partial charge in [0.1, 0.15) is 5.54 Å². The van der Waals surface area contributed by atoms with E-state index in [1.54, 1.807) is 44.2 Å². The highest BCUT2D eigenvalue weighted by Gasteiger charge is 2.49. The number of imide groups is 1. The van der Waals surface area contributed by atoms with E-state index in [1.807, 2.05) is 6.92 Å². The molecule has 7 heteroatoms. The van der Waals surface area contributed by atoms with Crippen molar-refractivity contribution in [2.45, 2.75) is 26.3 Å². The van der Waals surface area contributed by atoms with Gasteiger partial charge in [0.25, 0.3) is 5.91 Å². The number of aromatic amines is 1. The summed E-state index contributed by atoms with van der Waals surface area (Å²) in [7, 11) is 0. The van der Waals surface area contributed by atoms with Crippen molar-refractivity contribution in [2.24, 2.45) is 0 Å². The molecule has 1 aromatic heterocycles. The first-order valence-electron chi connectivity index (χ1n) is 7.82. The molecule has 2 heterocycles. The van der Waals surface area contributed by atoms with Crippen molar-refractivity contribution in [3.63, 3.8) is 0 Å². The highest BCUT2D eigenvalue weighted by atomic mass is 35.5. The summed E-state index contributed by atoms with van der Waals surface area (Å²) in [6.45, 7) is 4.94. The maximum atomic E-state index is 12.8. The summed E-state index contributed by atoms with van der Waals surface area (Å²) in [6, 6.07) is 7.81. The number of nitrogens with one attached hydrogen (secondary N) is 2. The van der Waals surface area contributed by atoms with E-state index in [0.717, 1.165) is 16.3 Å². The predicted molar refractivity (Wildman–Crippen MR) is 93.6 cm³/mol. The van der Waals surface area contributed by atoms with Crippen molar-refractivity contribution < 1.29 is 14.4 Å². The number of ketones is 1. The number of halogens is 1. The van der Waals surface area contributed by atoms with Crippen molar-refractivity contribution in [3.05, 3.63) is 57.9 Å². The first kappa shape index (κ1) is 17.2. The van der Waals surface area contributed by atoms with Crippen LogP contribution in [0.15, 0.2) is 30.3 Å². The number of aryl methyl sites for hydroxylation is 2. The molecule has 130 valence electrons. The lowest BCUT2D eigenvalue weighted by atomic mass is 9.92. The molecule has 0 radical (unpaired) electrons. The standard InChI is InChI=1S/C18H18ClN3O3/c1-10-8-14(11(2)20-10)15(23)9-22-16(24)18(3,21-17(22)25)12-4-6-13(19)7-5-12/h4-8,20H,9H2,1-3H3,(H,21,25). The van der Waals surface area contributed by atoms with E-state index in [9.17, 15) is 14.4 Å². The van der Waals surface area contributed by atoms with E-state index in [4.69, 9.17) is 11.6 Å². The molecule has 0 saturated carbocycles. The summed E-state index contributed by atoms with van der Waals surface area (Å²) < 4.78 is 0. The van der Waals surface area contributed by atoms with E-state index in [-0.39, 0.29) is 12.3 Å². The zero-order valence-corrected chi connectivity index (χ0v) is 14.9. The fourth-order valence-electron chi connectivity index (χ4n) is 3.06. The van der Waals surface area contributed by atoms with Gasteiger partial charge in [0.2, 0.25) is 0 Å². The Labute approximate surface area is 150 Å². The molecule has 2 aromatic rings. The minimum absolute atomic E-state index is 0.286. The van der Waals surface area contributed by atoms with Gasteiger partial charge in [0, 0.05) is 22.0 Å². The molecule has 0 spiro atoms. The van der Waals surface area contributed by atoms with Gasteiger partial charge in [-0.1, -0.05) is 23.7 Å². The lowest BCUT2D eigenvalue weighted by Gasteiger charge is -2.22. The van der Waals surface area contributed by atoms with Crippen molar-refractivity contribution in [3.8, 4) is 0 Å². The van der Waals surface area contributed by atoms with Crippen LogP contribution in [0.2, 0.25) is 5.02 Å². The third kappa shape index (κ3) is 2.93. The maximum absolute atomic E-state index is 12.8. The number of aromatic nitrogens is 1. The molecule has 25 heavy (non-hydrogen) atoms. The van der Waals surface area contributed by atoms with Crippen LogP contribution in [0.4, 0.5) is 4.79 Å². The third-order valence-corrected chi connectivity index (χ3v) is 4.70. The summed E-state index contributed by atoms with van der Waals surface area (Å²) in [5, 5.41) is 3.21. The summed E-state index contributed by atoms with van der Waals surface area (Å²) >= 11 is 5.88. The number of carbonyl (C=O) groups excluding carboxylic acids is 3. The summed E-state index contributed by atoms with van der Waals surface area (Å²) in [5.74, 6) is -0.746. The van der Waals surface area contributed by atoms with Crippen LogP contribution < -0.4 is 5.32 Å². The molecular weight excluding hydrogens is 342 g/mol. The zero-order valence-electron chi connectivity index (χ0n) is 14.1. The van der Waals surface area contributed by atoms with Crippen LogP contribution in [-0.2, 0) is 10.3 Å². The van der Waals surface area contributed by atoms with Crippen molar-refractivity contribution in [2.75, 3.05) is 6.54 Å². The van der Waals surface area contributed by atoms with Crippen LogP contribution in [0.3, 0.4) is 0 Å². The van der Waals surface area contributed by atoms with E-state index in [1.165, 1.54) is 0 Å². The Bertz CT molecular complexity index is 872. The van der Waals surface area contributed by atoms with Crippen LogP contribution in [0.25, 0.3) is 0 Å². The number of H-pyrrole nitrogens is 1.